The standard InChI is InChI=1S/C11H20O2/c1-5-10(2)7-6-8-11(3,4)13-9-12/h5,9-10H,1,6-8H2,2-4H3/t10-/m0/s1. The first-order chi connectivity index (χ1) is 6.02. The fraction of sp³-hybridized carbons (Fsp3) is 0.727. The van der Waals surface area contributed by atoms with E-state index < -0.39 is 0 Å². The zero-order valence-corrected chi connectivity index (χ0v) is 8.88. The van der Waals surface area contributed by atoms with Crippen molar-refractivity contribution in [1.29, 1.82) is 0 Å². The molecule has 0 aromatic rings. The number of carbonyl (C=O) groups excluding carboxylic acids is 1. The summed E-state index contributed by atoms with van der Waals surface area (Å²) >= 11 is 0. The first-order valence-corrected chi connectivity index (χ1v) is 4.76. The molecule has 13 heavy (non-hydrogen) atoms. The van der Waals surface area contributed by atoms with Crippen LogP contribution in [0.3, 0.4) is 0 Å². The van der Waals surface area contributed by atoms with Crippen LogP contribution in [0.2, 0.25) is 0 Å². The van der Waals surface area contributed by atoms with Crippen LogP contribution in [-0.2, 0) is 9.53 Å². The van der Waals surface area contributed by atoms with Crippen LogP contribution >= 0.6 is 0 Å². The van der Waals surface area contributed by atoms with Crippen molar-refractivity contribution in [3.8, 4) is 0 Å². The Bertz CT molecular complexity index is 161. The molecule has 0 heterocycles. The molecule has 0 rings (SSSR count). The summed E-state index contributed by atoms with van der Waals surface area (Å²) in [6.07, 6.45) is 5.03. The van der Waals surface area contributed by atoms with Crippen LogP contribution in [0.5, 0.6) is 0 Å². The van der Waals surface area contributed by atoms with Crippen molar-refractivity contribution in [3.05, 3.63) is 12.7 Å². The third kappa shape index (κ3) is 6.38. The lowest BCUT2D eigenvalue weighted by molar-refractivity contribution is -0.140. The lowest BCUT2D eigenvalue weighted by Gasteiger charge is -2.22. The van der Waals surface area contributed by atoms with Gasteiger partial charge in [0, 0.05) is 0 Å². The average molecular weight is 184 g/mol. The number of allylic oxidation sites excluding steroid dienone is 1. The van der Waals surface area contributed by atoms with Crippen molar-refractivity contribution in [2.75, 3.05) is 0 Å². The van der Waals surface area contributed by atoms with E-state index in [1.807, 2.05) is 19.9 Å². The highest BCUT2D eigenvalue weighted by molar-refractivity contribution is 5.38. The highest BCUT2D eigenvalue weighted by Gasteiger charge is 2.17. The van der Waals surface area contributed by atoms with Crippen LogP contribution in [0.15, 0.2) is 12.7 Å². The molecule has 0 aromatic carbocycles. The van der Waals surface area contributed by atoms with Crippen molar-refractivity contribution in [3.63, 3.8) is 0 Å². The maximum Gasteiger partial charge on any atom is 0.293 e. The average Bonchev–Trinajstić information content (AvgIpc) is 2.03. The molecule has 0 aliphatic heterocycles. The van der Waals surface area contributed by atoms with Crippen molar-refractivity contribution >= 4 is 6.47 Å². The minimum absolute atomic E-state index is 0.317. The maximum absolute atomic E-state index is 10.1. The van der Waals surface area contributed by atoms with Gasteiger partial charge in [-0.15, -0.1) is 6.58 Å². The Morgan fingerprint density at radius 3 is 2.62 bits per heavy atom. The topological polar surface area (TPSA) is 26.3 Å². The number of carbonyl (C=O) groups is 1. The van der Waals surface area contributed by atoms with Gasteiger partial charge >= 0.3 is 0 Å². The summed E-state index contributed by atoms with van der Waals surface area (Å²) in [6.45, 7) is 10.2. The molecule has 0 bridgehead atoms. The molecule has 0 aliphatic carbocycles. The maximum atomic E-state index is 10.1. The highest BCUT2D eigenvalue weighted by Crippen LogP contribution is 2.19. The molecule has 1 atom stereocenters. The van der Waals surface area contributed by atoms with E-state index in [0.29, 0.717) is 12.4 Å². The second kappa shape index (κ2) is 5.79. The van der Waals surface area contributed by atoms with Crippen LogP contribution in [0, 0.1) is 5.92 Å². The van der Waals surface area contributed by atoms with Gasteiger partial charge in [-0.1, -0.05) is 13.0 Å². The normalized spacial score (nSPS) is 13.5. The zero-order valence-electron chi connectivity index (χ0n) is 8.88. The molecule has 0 aromatic heterocycles. The number of ether oxygens (including phenoxy) is 1. The summed E-state index contributed by atoms with van der Waals surface area (Å²) < 4.78 is 4.94. The monoisotopic (exact) mass is 184 g/mol. The Labute approximate surface area is 81.0 Å². The Morgan fingerprint density at radius 1 is 1.54 bits per heavy atom. The second-order valence-electron chi connectivity index (χ2n) is 4.08. The van der Waals surface area contributed by atoms with Crippen LogP contribution < -0.4 is 0 Å². The van der Waals surface area contributed by atoms with E-state index in [0.717, 1.165) is 19.3 Å². The Morgan fingerprint density at radius 2 is 2.15 bits per heavy atom. The van der Waals surface area contributed by atoms with E-state index in [9.17, 15) is 4.79 Å². The zero-order chi connectivity index (χ0) is 10.3. The molecule has 0 radical (unpaired) electrons. The fourth-order valence-corrected chi connectivity index (χ4v) is 1.16. The summed E-state index contributed by atoms with van der Waals surface area (Å²) in [5.41, 5.74) is -0.317. The van der Waals surface area contributed by atoms with Crippen molar-refractivity contribution in [2.45, 2.75) is 45.6 Å². The Hall–Kier alpha value is -0.790. The molecule has 2 heteroatoms. The molecule has 2 nitrogen and oxygen atoms in total. The third-order valence-corrected chi connectivity index (χ3v) is 2.21. The van der Waals surface area contributed by atoms with Crippen LogP contribution in [0.25, 0.3) is 0 Å². The van der Waals surface area contributed by atoms with Gasteiger partial charge < -0.3 is 4.74 Å². The predicted molar refractivity (Wildman–Crippen MR) is 54.4 cm³/mol. The largest absolute Gasteiger partial charge is 0.462 e. The molecule has 0 saturated heterocycles. The lowest BCUT2D eigenvalue weighted by Crippen LogP contribution is -2.23. The van der Waals surface area contributed by atoms with E-state index >= 15 is 0 Å². The quantitative estimate of drug-likeness (QED) is 0.449. The summed E-state index contributed by atoms with van der Waals surface area (Å²) in [5.74, 6) is 0.548. The van der Waals surface area contributed by atoms with Crippen LogP contribution in [0.1, 0.15) is 40.0 Å². The van der Waals surface area contributed by atoms with E-state index in [1.165, 1.54) is 0 Å². The summed E-state index contributed by atoms with van der Waals surface area (Å²) in [5, 5.41) is 0. The van der Waals surface area contributed by atoms with Gasteiger partial charge in [0.05, 0.1) is 0 Å². The minimum Gasteiger partial charge on any atom is -0.462 e. The predicted octanol–water partition coefficient (Wildman–Crippen LogP) is 2.93. The summed E-state index contributed by atoms with van der Waals surface area (Å²) in [6, 6.07) is 0. The first kappa shape index (κ1) is 12.2. The van der Waals surface area contributed by atoms with Gasteiger partial charge in [0.15, 0.2) is 0 Å². The molecule has 0 spiro atoms. The third-order valence-electron chi connectivity index (χ3n) is 2.21. The molecule has 0 saturated carbocycles. The number of rotatable bonds is 7. The summed E-state index contributed by atoms with van der Waals surface area (Å²) in [7, 11) is 0. The number of hydrogen-bond donors (Lipinski definition) is 0. The minimum atomic E-state index is -0.317. The van der Waals surface area contributed by atoms with Gasteiger partial charge in [0.1, 0.15) is 5.60 Å². The van der Waals surface area contributed by atoms with Gasteiger partial charge in [-0.05, 0) is 39.0 Å². The molecule has 0 unspecified atom stereocenters. The summed E-state index contributed by atoms with van der Waals surface area (Å²) in [4.78, 5) is 10.1. The van der Waals surface area contributed by atoms with E-state index in [2.05, 4.69) is 13.5 Å². The van der Waals surface area contributed by atoms with E-state index in [-0.39, 0.29) is 5.60 Å². The second-order valence-corrected chi connectivity index (χ2v) is 4.08. The smallest absolute Gasteiger partial charge is 0.293 e. The van der Waals surface area contributed by atoms with Crippen LogP contribution in [0.4, 0.5) is 0 Å². The SMILES string of the molecule is C=C[C@H](C)CCCC(C)(C)OC=O. The number of hydrogen-bond acceptors (Lipinski definition) is 2. The Kier molecular flexibility index (Phi) is 5.44. The van der Waals surface area contributed by atoms with Gasteiger partial charge in [-0.25, -0.2) is 0 Å². The van der Waals surface area contributed by atoms with Gasteiger partial charge in [0.2, 0.25) is 0 Å². The highest BCUT2D eigenvalue weighted by atomic mass is 16.5. The molecule has 76 valence electrons. The Balaban J connectivity index is 3.62. The van der Waals surface area contributed by atoms with E-state index in [4.69, 9.17) is 4.74 Å². The molecule has 0 aliphatic rings. The van der Waals surface area contributed by atoms with Crippen molar-refractivity contribution < 1.29 is 9.53 Å². The van der Waals surface area contributed by atoms with Crippen LogP contribution in [-0.4, -0.2) is 12.1 Å². The molecule has 0 N–H and O–H groups in total. The van der Waals surface area contributed by atoms with Crippen molar-refractivity contribution in [2.24, 2.45) is 5.92 Å². The molecule has 0 amide bonds. The molecular formula is C11H20O2. The van der Waals surface area contributed by atoms with Gasteiger partial charge in [-0.3, -0.25) is 4.79 Å². The van der Waals surface area contributed by atoms with Crippen molar-refractivity contribution in [1.82, 2.24) is 0 Å². The van der Waals surface area contributed by atoms with E-state index in [1.54, 1.807) is 0 Å². The molecular weight excluding hydrogens is 164 g/mol. The van der Waals surface area contributed by atoms with Gasteiger partial charge in [0.25, 0.3) is 6.47 Å². The fourth-order valence-electron chi connectivity index (χ4n) is 1.16. The lowest BCUT2D eigenvalue weighted by atomic mass is 9.97. The molecule has 0 fully saturated rings. The van der Waals surface area contributed by atoms with Gasteiger partial charge in [-0.2, -0.15) is 0 Å². The first-order valence-electron chi connectivity index (χ1n) is 4.76.